The molecule has 0 unspecified atom stereocenters. The molecule has 80 valence electrons. The van der Waals surface area contributed by atoms with Crippen LogP contribution in [0.5, 0.6) is 0 Å². The number of aliphatic hydroxyl groups excluding tert-OH is 1. The number of nitrogens with zero attached hydrogens (tertiary/aromatic N) is 3. The first-order chi connectivity index (χ1) is 7.31. The van der Waals surface area contributed by atoms with Crippen LogP contribution in [0.1, 0.15) is 24.2 Å². The molecule has 2 aromatic heterocycles. The van der Waals surface area contributed by atoms with Crippen molar-refractivity contribution in [3.05, 3.63) is 35.7 Å². The second-order valence-corrected chi connectivity index (χ2v) is 3.31. The molecular weight excluding hydrogens is 194 g/mol. The van der Waals surface area contributed by atoms with E-state index in [9.17, 15) is 0 Å². The lowest BCUT2D eigenvalue weighted by atomic mass is 10.4. The molecule has 5 heteroatoms. The second kappa shape index (κ2) is 4.27. The molecule has 0 saturated carbocycles. The Balaban J connectivity index is 2.07. The third-order valence-electron chi connectivity index (χ3n) is 2.13. The lowest BCUT2D eigenvalue weighted by Gasteiger charge is -1.95. The van der Waals surface area contributed by atoms with Crippen molar-refractivity contribution in [2.45, 2.75) is 26.5 Å². The minimum absolute atomic E-state index is 0.0550. The monoisotopic (exact) mass is 207 g/mol. The number of hydrogen-bond donors (Lipinski definition) is 1. The van der Waals surface area contributed by atoms with Crippen molar-refractivity contribution in [3.63, 3.8) is 0 Å². The van der Waals surface area contributed by atoms with Gasteiger partial charge in [-0.05, 0) is 11.6 Å². The van der Waals surface area contributed by atoms with Crippen molar-refractivity contribution >= 4 is 0 Å². The van der Waals surface area contributed by atoms with Crippen LogP contribution >= 0.6 is 0 Å². The standard InChI is InChI=1S/C10H13N3O2/c1-2-10-11-9(12-15-10)6-13-4-3-8(5-13)7-14/h3-5,14H,2,6-7H2,1H3. The highest BCUT2D eigenvalue weighted by molar-refractivity contribution is 5.09. The number of aromatic nitrogens is 3. The molecule has 0 aliphatic rings. The van der Waals surface area contributed by atoms with Crippen LogP contribution in [0.25, 0.3) is 0 Å². The first kappa shape index (κ1) is 9.92. The van der Waals surface area contributed by atoms with Crippen LogP contribution in [0, 0.1) is 0 Å². The average Bonchev–Trinajstić information content (AvgIpc) is 2.87. The summed E-state index contributed by atoms with van der Waals surface area (Å²) in [6.45, 7) is 2.60. The molecule has 0 saturated heterocycles. The molecule has 0 bridgehead atoms. The zero-order valence-electron chi connectivity index (χ0n) is 8.55. The predicted octanol–water partition coefficient (Wildman–Crippen LogP) is 0.974. The maximum Gasteiger partial charge on any atom is 0.226 e. The van der Waals surface area contributed by atoms with E-state index in [0.717, 1.165) is 12.0 Å². The molecule has 0 aliphatic carbocycles. The van der Waals surface area contributed by atoms with E-state index < -0.39 is 0 Å². The summed E-state index contributed by atoms with van der Waals surface area (Å²) in [6.07, 6.45) is 4.50. The summed E-state index contributed by atoms with van der Waals surface area (Å²) in [5.41, 5.74) is 0.884. The van der Waals surface area contributed by atoms with Gasteiger partial charge >= 0.3 is 0 Å². The molecule has 2 heterocycles. The van der Waals surface area contributed by atoms with Gasteiger partial charge in [0.1, 0.15) is 0 Å². The Morgan fingerprint density at radius 2 is 2.40 bits per heavy atom. The van der Waals surface area contributed by atoms with Gasteiger partial charge in [0.05, 0.1) is 13.2 Å². The topological polar surface area (TPSA) is 64.1 Å². The summed E-state index contributed by atoms with van der Waals surface area (Å²) in [4.78, 5) is 4.20. The van der Waals surface area contributed by atoms with Gasteiger partial charge < -0.3 is 14.2 Å². The summed E-state index contributed by atoms with van der Waals surface area (Å²) >= 11 is 0. The predicted molar refractivity (Wildman–Crippen MR) is 53.1 cm³/mol. The van der Waals surface area contributed by atoms with Gasteiger partial charge in [0.2, 0.25) is 5.89 Å². The largest absolute Gasteiger partial charge is 0.392 e. The van der Waals surface area contributed by atoms with E-state index >= 15 is 0 Å². The van der Waals surface area contributed by atoms with E-state index in [-0.39, 0.29) is 6.61 Å². The number of aryl methyl sites for hydroxylation is 1. The molecule has 15 heavy (non-hydrogen) atoms. The molecular formula is C10H13N3O2. The average molecular weight is 207 g/mol. The van der Waals surface area contributed by atoms with Gasteiger partial charge in [0.15, 0.2) is 5.82 Å². The van der Waals surface area contributed by atoms with E-state index in [2.05, 4.69) is 10.1 Å². The Labute approximate surface area is 87.3 Å². The maximum absolute atomic E-state index is 8.90. The normalized spacial score (nSPS) is 10.8. The fourth-order valence-electron chi connectivity index (χ4n) is 1.34. The molecule has 2 aromatic rings. The van der Waals surface area contributed by atoms with Crippen molar-refractivity contribution in [3.8, 4) is 0 Å². The molecule has 0 atom stereocenters. The highest BCUT2D eigenvalue weighted by Crippen LogP contribution is 2.04. The number of rotatable bonds is 4. The SMILES string of the molecule is CCc1nc(Cn2ccc(CO)c2)no1. The summed E-state index contributed by atoms with van der Waals surface area (Å²) in [7, 11) is 0. The van der Waals surface area contributed by atoms with Crippen molar-refractivity contribution in [1.29, 1.82) is 0 Å². The summed E-state index contributed by atoms with van der Waals surface area (Å²) in [5, 5.41) is 12.7. The molecule has 0 spiro atoms. The van der Waals surface area contributed by atoms with Crippen molar-refractivity contribution in [2.75, 3.05) is 0 Å². The molecule has 2 rings (SSSR count). The molecule has 0 aliphatic heterocycles. The highest BCUT2D eigenvalue weighted by Gasteiger charge is 2.04. The third-order valence-corrected chi connectivity index (χ3v) is 2.13. The first-order valence-corrected chi connectivity index (χ1v) is 4.88. The minimum Gasteiger partial charge on any atom is -0.392 e. The Kier molecular flexibility index (Phi) is 2.82. The van der Waals surface area contributed by atoms with Crippen LogP contribution in [-0.2, 0) is 19.6 Å². The highest BCUT2D eigenvalue weighted by atomic mass is 16.5. The summed E-state index contributed by atoms with van der Waals surface area (Å²) < 4.78 is 6.91. The molecule has 0 amide bonds. The Morgan fingerprint density at radius 3 is 3.00 bits per heavy atom. The third kappa shape index (κ3) is 2.24. The Hall–Kier alpha value is -1.62. The van der Waals surface area contributed by atoms with Gasteiger partial charge in [-0.15, -0.1) is 0 Å². The van der Waals surface area contributed by atoms with Gasteiger partial charge in [-0.3, -0.25) is 0 Å². The Bertz CT molecular complexity index is 393. The van der Waals surface area contributed by atoms with Crippen LogP contribution in [-0.4, -0.2) is 19.8 Å². The fraction of sp³-hybridized carbons (Fsp3) is 0.400. The second-order valence-electron chi connectivity index (χ2n) is 3.31. The zero-order valence-corrected chi connectivity index (χ0v) is 8.55. The lowest BCUT2D eigenvalue weighted by molar-refractivity contribution is 0.281. The quantitative estimate of drug-likeness (QED) is 0.811. The van der Waals surface area contributed by atoms with Gasteiger partial charge in [-0.1, -0.05) is 12.1 Å². The van der Waals surface area contributed by atoms with E-state index in [1.54, 1.807) is 0 Å². The smallest absolute Gasteiger partial charge is 0.226 e. The van der Waals surface area contributed by atoms with E-state index in [4.69, 9.17) is 9.63 Å². The van der Waals surface area contributed by atoms with Gasteiger partial charge in [-0.2, -0.15) is 4.98 Å². The molecule has 5 nitrogen and oxygen atoms in total. The summed E-state index contributed by atoms with van der Waals surface area (Å²) in [6, 6.07) is 1.86. The van der Waals surface area contributed by atoms with Gasteiger partial charge in [0, 0.05) is 18.8 Å². The first-order valence-electron chi connectivity index (χ1n) is 4.88. The van der Waals surface area contributed by atoms with Crippen LogP contribution in [0.2, 0.25) is 0 Å². The van der Waals surface area contributed by atoms with E-state index in [0.29, 0.717) is 18.3 Å². The zero-order chi connectivity index (χ0) is 10.7. The minimum atomic E-state index is 0.0550. The number of aliphatic hydroxyl groups is 1. The van der Waals surface area contributed by atoms with E-state index in [1.807, 2.05) is 30.0 Å². The van der Waals surface area contributed by atoms with Crippen LogP contribution in [0.4, 0.5) is 0 Å². The van der Waals surface area contributed by atoms with E-state index in [1.165, 1.54) is 0 Å². The van der Waals surface area contributed by atoms with Gasteiger partial charge in [-0.25, -0.2) is 0 Å². The van der Waals surface area contributed by atoms with Crippen molar-refractivity contribution in [1.82, 2.24) is 14.7 Å². The Morgan fingerprint density at radius 1 is 1.53 bits per heavy atom. The lowest BCUT2D eigenvalue weighted by Crippen LogP contribution is -1.98. The van der Waals surface area contributed by atoms with Crippen LogP contribution in [0.3, 0.4) is 0 Å². The number of hydrogen-bond acceptors (Lipinski definition) is 4. The van der Waals surface area contributed by atoms with Crippen molar-refractivity contribution < 1.29 is 9.63 Å². The molecule has 0 aromatic carbocycles. The molecule has 1 N–H and O–H groups in total. The van der Waals surface area contributed by atoms with Crippen LogP contribution < -0.4 is 0 Å². The van der Waals surface area contributed by atoms with Gasteiger partial charge in [0.25, 0.3) is 0 Å². The maximum atomic E-state index is 8.90. The van der Waals surface area contributed by atoms with Crippen LogP contribution in [0.15, 0.2) is 23.0 Å². The molecule has 0 fully saturated rings. The van der Waals surface area contributed by atoms with Crippen molar-refractivity contribution in [2.24, 2.45) is 0 Å². The summed E-state index contributed by atoms with van der Waals surface area (Å²) in [5.74, 6) is 1.31. The fourth-order valence-corrected chi connectivity index (χ4v) is 1.34. The molecule has 0 radical (unpaired) electrons.